The van der Waals surface area contributed by atoms with E-state index < -0.39 is 22.5 Å². The van der Waals surface area contributed by atoms with Crippen LogP contribution in [0.2, 0.25) is 0 Å². The summed E-state index contributed by atoms with van der Waals surface area (Å²) in [4.78, 5) is 24.8. The third-order valence-electron chi connectivity index (χ3n) is 3.83. The molecule has 0 bridgehead atoms. The van der Waals surface area contributed by atoms with Gasteiger partial charge in [-0.3, -0.25) is 13.9 Å². The summed E-state index contributed by atoms with van der Waals surface area (Å²) < 4.78 is 25.4. The van der Waals surface area contributed by atoms with E-state index in [-0.39, 0.29) is 18.0 Å². The van der Waals surface area contributed by atoms with E-state index in [2.05, 4.69) is 17.2 Å². The number of rotatable bonds is 8. The Hall–Kier alpha value is -3.13. The maximum atomic E-state index is 12.6. The van der Waals surface area contributed by atoms with Crippen molar-refractivity contribution in [2.75, 3.05) is 29.0 Å². The van der Waals surface area contributed by atoms with E-state index in [4.69, 9.17) is 0 Å². The number of sulfonamides is 1. The summed E-state index contributed by atoms with van der Waals surface area (Å²) >= 11 is 0. The minimum atomic E-state index is -3.68. The molecule has 148 valence electrons. The zero-order valence-electron chi connectivity index (χ0n) is 15.8. The van der Waals surface area contributed by atoms with Crippen molar-refractivity contribution in [1.82, 2.24) is 5.32 Å². The largest absolute Gasteiger partial charge is 0.349 e. The molecule has 2 N–H and O–H groups in total. The fraction of sp³-hybridized carbons (Fsp3) is 0.200. The van der Waals surface area contributed by atoms with Crippen LogP contribution in [-0.4, -0.2) is 39.6 Å². The molecule has 0 aromatic heterocycles. The lowest BCUT2D eigenvalue weighted by atomic mass is 10.1. The number of nitrogens with zero attached hydrogens (tertiary/aromatic N) is 1. The maximum Gasteiger partial charge on any atom is 0.253 e. The Morgan fingerprint density at radius 1 is 1.14 bits per heavy atom. The van der Waals surface area contributed by atoms with Gasteiger partial charge in [0.05, 0.1) is 23.2 Å². The van der Waals surface area contributed by atoms with Crippen molar-refractivity contribution in [3.8, 4) is 0 Å². The number of anilines is 2. The molecule has 0 heterocycles. The highest BCUT2D eigenvalue weighted by Crippen LogP contribution is 2.20. The van der Waals surface area contributed by atoms with Crippen molar-refractivity contribution in [2.24, 2.45) is 0 Å². The summed E-state index contributed by atoms with van der Waals surface area (Å²) in [5, 5.41) is 5.27. The molecule has 0 atom stereocenters. The van der Waals surface area contributed by atoms with E-state index in [0.29, 0.717) is 11.4 Å². The topological polar surface area (TPSA) is 95.6 Å². The summed E-state index contributed by atoms with van der Waals surface area (Å²) in [7, 11) is -3.68. The molecule has 8 heteroatoms. The molecule has 28 heavy (non-hydrogen) atoms. The molecular formula is C20H23N3O4S. The molecule has 2 amide bonds. The number of hydrogen-bond donors (Lipinski definition) is 2. The van der Waals surface area contributed by atoms with Crippen LogP contribution in [0.5, 0.6) is 0 Å². The Morgan fingerprint density at radius 2 is 1.86 bits per heavy atom. The number of amides is 2. The predicted octanol–water partition coefficient (Wildman–Crippen LogP) is 2.32. The van der Waals surface area contributed by atoms with Crippen molar-refractivity contribution in [3.63, 3.8) is 0 Å². The second-order valence-electron chi connectivity index (χ2n) is 6.20. The molecule has 0 spiro atoms. The van der Waals surface area contributed by atoms with Crippen LogP contribution in [-0.2, 0) is 14.8 Å². The van der Waals surface area contributed by atoms with Gasteiger partial charge in [0.15, 0.2) is 0 Å². The first kappa shape index (κ1) is 21.2. The van der Waals surface area contributed by atoms with Crippen LogP contribution in [0.15, 0.2) is 61.2 Å². The van der Waals surface area contributed by atoms with Crippen molar-refractivity contribution < 1.29 is 18.0 Å². The number of benzene rings is 2. The summed E-state index contributed by atoms with van der Waals surface area (Å²) in [5.41, 5.74) is 1.84. The molecule has 0 aliphatic rings. The first-order valence-corrected chi connectivity index (χ1v) is 10.4. The maximum absolute atomic E-state index is 12.6. The van der Waals surface area contributed by atoms with Crippen LogP contribution < -0.4 is 14.9 Å². The van der Waals surface area contributed by atoms with E-state index in [1.54, 1.807) is 48.5 Å². The van der Waals surface area contributed by atoms with Crippen molar-refractivity contribution in [1.29, 1.82) is 0 Å². The molecular weight excluding hydrogens is 378 g/mol. The van der Waals surface area contributed by atoms with Gasteiger partial charge in [-0.15, -0.1) is 6.58 Å². The first-order valence-electron chi connectivity index (χ1n) is 8.54. The first-order chi connectivity index (χ1) is 13.2. The van der Waals surface area contributed by atoms with E-state index in [0.717, 1.165) is 16.1 Å². The summed E-state index contributed by atoms with van der Waals surface area (Å²) in [5.74, 6) is -0.926. The van der Waals surface area contributed by atoms with Crippen LogP contribution in [0.3, 0.4) is 0 Å². The van der Waals surface area contributed by atoms with E-state index >= 15 is 0 Å². The third-order valence-corrected chi connectivity index (χ3v) is 4.97. The molecule has 0 saturated carbocycles. The Balaban J connectivity index is 2.22. The normalized spacial score (nSPS) is 10.8. The molecule has 0 aliphatic carbocycles. The van der Waals surface area contributed by atoms with Crippen LogP contribution in [0, 0.1) is 6.92 Å². The van der Waals surface area contributed by atoms with Gasteiger partial charge in [-0.05, 0) is 36.8 Å². The minimum Gasteiger partial charge on any atom is -0.349 e. The SMILES string of the molecule is C=CCNC(=O)c1ccccc1NC(=O)CN(c1cccc(C)c1)S(C)(=O)=O. The Labute approximate surface area is 165 Å². The molecule has 0 saturated heterocycles. The molecule has 2 aromatic rings. The van der Waals surface area contributed by atoms with Gasteiger partial charge in [-0.2, -0.15) is 0 Å². The molecule has 0 radical (unpaired) electrons. The van der Waals surface area contributed by atoms with Crippen LogP contribution in [0.4, 0.5) is 11.4 Å². The van der Waals surface area contributed by atoms with E-state index in [1.165, 1.54) is 0 Å². The molecule has 2 aromatic carbocycles. The molecule has 0 aliphatic heterocycles. The second-order valence-corrected chi connectivity index (χ2v) is 8.11. The standard InChI is InChI=1S/C20H23N3O4S/c1-4-12-21-20(25)17-10-5-6-11-18(17)22-19(24)14-23(28(3,26)27)16-9-7-8-15(2)13-16/h4-11,13H,1,12,14H2,2-3H3,(H,21,25)(H,22,24). The summed E-state index contributed by atoms with van der Waals surface area (Å²) in [6.45, 7) is 5.25. The van der Waals surface area contributed by atoms with Gasteiger partial charge < -0.3 is 10.6 Å². The molecule has 7 nitrogen and oxygen atoms in total. The highest BCUT2D eigenvalue weighted by molar-refractivity contribution is 7.92. The van der Waals surface area contributed by atoms with Gasteiger partial charge in [0.25, 0.3) is 5.91 Å². The number of carbonyl (C=O) groups is 2. The average molecular weight is 401 g/mol. The van der Waals surface area contributed by atoms with Crippen molar-refractivity contribution in [3.05, 3.63) is 72.3 Å². The molecule has 0 unspecified atom stereocenters. The minimum absolute atomic E-state index is 0.277. The lowest BCUT2D eigenvalue weighted by Gasteiger charge is -2.22. The fourth-order valence-electron chi connectivity index (χ4n) is 2.55. The van der Waals surface area contributed by atoms with Crippen LogP contribution in [0.1, 0.15) is 15.9 Å². The zero-order chi connectivity index (χ0) is 20.7. The lowest BCUT2D eigenvalue weighted by Crippen LogP contribution is -2.37. The second kappa shape index (κ2) is 9.18. The number of hydrogen-bond acceptors (Lipinski definition) is 4. The average Bonchev–Trinajstić information content (AvgIpc) is 2.63. The number of para-hydroxylation sites is 1. The predicted molar refractivity (Wildman–Crippen MR) is 111 cm³/mol. The van der Waals surface area contributed by atoms with Crippen molar-refractivity contribution >= 4 is 33.2 Å². The van der Waals surface area contributed by atoms with Gasteiger partial charge in [0.2, 0.25) is 15.9 Å². The molecule has 2 rings (SSSR count). The summed E-state index contributed by atoms with van der Waals surface area (Å²) in [6, 6.07) is 13.4. The monoisotopic (exact) mass is 401 g/mol. The highest BCUT2D eigenvalue weighted by atomic mass is 32.2. The van der Waals surface area contributed by atoms with E-state index in [9.17, 15) is 18.0 Å². The number of carbonyl (C=O) groups excluding carboxylic acids is 2. The Bertz CT molecular complexity index is 986. The fourth-order valence-corrected chi connectivity index (χ4v) is 3.40. The molecule has 0 fully saturated rings. The lowest BCUT2D eigenvalue weighted by molar-refractivity contribution is -0.114. The van der Waals surface area contributed by atoms with Crippen LogP contribution in [0.25, 0.3) is 0 Å². The Kier molecular flexibility index (Phi) is 6.94. The van der Waals surface area contributed by atoms with Gasteiger partial charge in [0, 0.05) is 6.54 Å². The van der Waals surface area contributed by atoms with Gasteiger partial charge in [0.1, 0.15) is 6.54 Å². The summed E-state index contributed by atoms with van der Waals surface area (Å²) in [6.07, 6.45) is 2.59. The van der Waals surface area contributed by atoms with Gasteiger partial charge in [-0.1, -0.05) is 30.3 Å². The quantitative estimate of drug-likeness (QED) is 0.664. The number of nitrogens with one attached hydrogen (secondary N) is 2. The van der Waals surface area contributed by atoms with E-state index in [1.807, 2.05) is 13.0 Å². The van der Waals surface area contributed by atoms with Gasteiger partial charge in [-0.25, -0.2) is 8.42 Å². The van der Waals surface area contributed by atoms with Gasteiger partial charge >= 0.3 is 0 Å². The Morgan fingerprint density at radius 3 is 2.50 bits per heavy atom. The smallest absolute Gasteiger partial charge is 0.253 e. The number of aryl methyl sites for hydroxylation is 1. The van der Waals surface area contributed by atoms with Crippen LogP contribution >= 0.6 is 0 Å². The van der Waals surface area contributed by atoms with Crippen molar-refractivity contribution in [2.45, 2.75) is 6.92 Å². The third kappa shape index (κ3) is 5.68. The highest BCUT2D eigenvalue weighted by Gasteiger charge is 2.22. The zero-order valence-corrected chi connectivity index (χ0v) is 16.6.